The van der Waals surface area contributed by atoms with Gasteiger partial charge in [0.05, 0.1) is 17.6 Å². The molecule has 23 heavy (non-hydrogen) atoms. The lowest BCUT2D eigenvalue weighted by Gasteiger charge is -2.15. The molecule has 0 aliphatic rings. The molecular formula is C18H19ClN2O2. The Morgan fingerprint density at radius 3 is 2.78 bits per heavy atom. The summed E-state index contributed by atoms with van der Waals surface area (Å²) in [7, 11) is 0. The zero-order valence-corrected chi connectivity index (χ0v) is 13.9. The molecule has 0 saturated carbocycles. The number of aryl methyl sites for hydroxylation is 2. The maximum absolute atomic E-state index is 10.3. The summed E-state index contributed by atoms with van der Waals surface area (Å²) in [5, 5.41) is 11.0. The van der Waals surface area contributed by atoms with Gasteiger partial charge in [0.25, 0.3) is 0 Å². The van der Waals surface area contributed by atoms with Crippen molar-refractivity contribution in [2.24, 2.45) is 0 Å². The Hall–Kier alpha value is -2.04. The summed E-state index contributed by atoms with van der Waals surface area (Å²) in [4.78, 5) is 4.50. The van der Waals surface area contributed by atoms with Gasteiger partial charge < -0.3 is 14.4 Å². The molecular weight excluding hydrogens is 312 g/mol. The highest BCUT2D eigenvalue weighted by molar-refractivity contribution is 6.31. The van der Waals surface area contributed by atoms with Gasteiger partial charge in [-0.25, -0.2) is 4.98 Å². The average molecular weight is 331 g/mol. The molecule has 0 aliphatic heterocycles. The summed E-state index contributed by atoms with van der Waals surface area (Å²) < 4.78 is 7.67. The summed E-state index contributed by atoms with van der Waals surface area (Å²) in [5.41, 5.74) is 2.91. The summed E-state index contributed by atoms with van der Waals surface area (Å²) >= 11 is 6.00. The summed E-state index contributed by atoms with van der Waals surface area (Å²) in [6.07, 6.45) is -0.623. The minimum absolute atomic E-state index is 0.215. The Morgan fingerprint density at radius 2 is 2.00 bits per heavy atom. The molecule has 3 rings (SSSR count). The third-order valence-electron chi connectivity index (χ3n) is 3.81. The van der Waals surface area contributed by atoms with E-state index in [1.165, 1.54) is 0 Å². The quantitative estimate of drug-likeness (QED) is 0.775. The lowest BCUT2D eigenvalue weighted by atomic mass is 10.2. The Balaban J connectivity index is 1.67. The molecule has 1 unspecified atom stereocenters. The standard InChI is InChI=1S/C18H19ClN2O2/c1-12-9-15(7-8-16(12)19)23-11-14(22)10-21-13(2)20-17-5-3-4-6-18(17)21/h3-9,14,22H,10-11H2,1-2H3. The molecule has 0 aliphatic carbocycles. The maximum atomic E-state index is 10.3. The van der Waals surface area contributed by atoms with Crippen LogP contribution in [0.3, 0.4) is 0 Å². The normalized spacial score (nSPS) is 12.5. The number of hydrogen-bond donors (Lipinski definition) is 1. The van der Waals surface area contributed by atoms with Crippen LogP contribution < -0.4 is 4.74 Å². The molecule has 0 spiro atoms. The molecule has 1 atom stereocenters. The van der Waals surface area contributed by atoms with E-state index in [2.05, 4.69) is 4.98 Å². The first-order valence-electron chi connectivity index (χ1n) is 7.53. The lowest BCUT2D eigenvalue weighted by molar-refractivity contribution is 0.0929. The van der Waals surface area contributed by atoms with Crippen LogP contribution in [0.5, 0.6) is 5.75 Å². The number of hydrogen-bond acceptors (Lipinski definition) is 3. The van der Waals surface area contributed by atoms with Gasteiger partial charge >= 0.3 is 0 Å². The molecule has 1 heterocycles. The van der Waals surface area contributed by atoms with Crippen LogP contribution in [0.25, 0.3) is 11.0 Å². The van der Waals surface area contributed by atoms with Crippen molar-refractivity contribution >= 4 is 22.6 Å². The number of aromatic nitrogens is 2. The van der Waals surface area contributed by atoms with Gasteiger partial charge in [-0.05, 0) is 49.7 Å². The Labute approximate surface area is 140 Å². The number of imidazole rings is 1. The largest absolute Gasteiger partial charge is 0.491 e. The average Bonchev–Trinajstić information content (AvgIpc) is 2.84. The Kier molecular flexibility index (Phi) is 4.55. The van der Waals surface area contributed by atoms with Crippen LogP contribution >= 0.6 is 11.6 Å². The molecule has 1 aromatic heterocycles. The van der Waals surface area contributed by atoms with E-state index in [-0.39, 0.29) is 6.61 Å². The van der Waals surface area contributed by atoms with Crippen molar-refractivity contribution in [3.05, 3.63) is 58.9 Å². The van der Waals surface area contributed by atoms with E-state index in [0.717, 1.165) is 22.4 Å². The Bertz CT molecular complexity index is 829. The van der Waals surface area contributed by atoms with E-state index < -0.39 is 6.10 Å². The molecule has 1 N–H and O–H groups in total. The van der Waals surface area contributed by atoms with Gasteiger partial charge in [-0.2, -0.15) is 0 Å². The van der Waals surface area contributed by atoms with Crippen molar-refractivity contribution in [1.82, 2.24) is 9.55 Å². The smallest absolute Gasteiger partial charge is 0.119 e. The first-order valence-corrected chi connectivity index (χ1v) is 7.91. The third kappa shape index (κ3) is 3.49. The SMILES string of the molecule is Cc1cc(OCC(O)Cn2c(C)nc3ccccc32)ccc1Cl. The van der Waals surface area contributed by atoms with Gasteiger partial charge in [0.15, 0.2) is 0 Å². The predicted octanol–water partition coefficient (Wildman–Crippen LogP) is 3.75. The van der Waals surface area contributed by atoms with Crippen LogP contribution in [0.1, 0.15) is 11.4 Å². The maximum Gasteiger partial charge on any atom is 0.119 e. The Morgan fingerprint density at radius 1 is 1.22 bits per heavy atom. The minimum atomic E-state index is -0.623. The van der Waals surface area contributed by atoms with E-state index in [1.54, 1.807) is 12.1 Å². The van der Waals surface area contributed by atoms with Gasteiger partial charge in [-0.1, -0.05) is 23.7 Å². The topological polar surface area (TPSA) is 47.3 Å². The molecule has 2 aromatic carbocycles. The van der Waals surface area contributed by atoms with Crippen molar-refractivity contribution in [2.75, 3.05) is 6.61 Å². The molecule has 0 radical (unpaired) electrons. The second kappa shape index (κ2) is 6.60. The van der Waals surface area contributed by atoms with Crippen LogP contribution in [0.4, 0.5) is 0 Å². The van der Waals surface area contributed by atoms with Gasteiger partial charge in [-0.3, -0.25) is 0 Å². The minimum Gasteiger partial charge on any atom is -0.491 e. The van der Waals surface area contributed by atoms with Crippen molar-refractivity contribution in [1.29, 1.82) is 0 Å². The molecule has 0 saturated heterocycles. The summed E-state index contributed by atoms with van der Waals surface area (Å²) in [6, 6.07) is 13.4. The van der Waals surface area contributed by atoms with E-state index in [4.69, 9.17) is 16.3 Å². The number of benzene rings is 2. The number of fused-ring (bicyclic) bond motifs is 1. The summed E-state index contributed by atoms with van der Waals surface area (Å²) in [6.45, 7) is 4.52. The van der Waals surface area contributed by atoms with Gasteiger partial charge in [0.1, 0.15) is 24.3 Å². The molecule has 0 fully saturated rings. The number of para-hydroxylation sites is 2. The molecule has 0 bridgehead atoms. The van der Waals surface area contributed by atoms with Crippen molar-refractivity contribution < 1.29 is 9.84 Å². The van der Waals surface area contributed by atoms with Crippen molar-refractivity contribution in [2.45, 2.75) is 26.5 Å². The zero-order chi connectivity index (χ0) is 16.4. The molecule has 3 aromatic rings. The lowest BCUT2D eigenvalue weighted by Crippen LogP contribution is -2.24. The van der Waals surface area contributed by atoms with Gasteiger partial charge in [-0.15, -0.1) is 0 Å². The molecule has 5 heteroatoms. The molecule has 0 amide bonds. The monoisotopic (exact) mass is 330 g/mol. The van der Waals surface area contributed by atoms with Crippen LogP contribution in [0.15, 0.2) is 42.5 Å². The number of nitrogens with zero attached hydrogens (tertiary/aromatic N) is 2. The van der Waals surface area contributed by atoms with Gasteiger partial charge in [0.2, 0.25) is 0 Å². The fraction of sp³-hybridized carbons (Fsp3) is 0.278. The zero-order valence-electron chi connectivity index (χ0n) is 13.2. The first kappa shape index (κ1) is 15.8. The highest BCUT2D eigenvalue weighted by atomic mass is 35.5. The third-order valence-corrected chi connectivity index (χ3v) is 4.23. The number of rotatable bonds is 5. The second-order valence-corrected chi connectivity index (χ2v) is 6.04. The second-order valence-electron chi connectivity index (χ2n) is 5.63. The van der Waals surface area contributed by atoms with Crippen molar-refractivity contribution in [3.8, 4) is 5.75 Å². The molecule has 120 valence electrons. The fourth-order valence-electron chi connectivity index (χ4n) is 2.59. The van der Waals surface area contributed by atoms with Gasteiger partial charge in [0, 0.05) is 5.02 Å². The van der Waals surface area contributed by atoms with Crippen LogP contribution in [0, 0.1) is 13.8 Å². The highest BCUT2D eigenvalue weighted by Crippen LogP contribution is 2.21. The number of aliphatic hydroxyl groups is 1. The number of ether oxygens (including phenoxy) is 1. The highest BCUT2D eigenvalue weighted by Gasteiger charge is 2.12. The van der Waals surface area contributed by atoms with Crippen LogP contribution in [-0.4, -0.2) is 27.4 Å². The number of halogens is 1. The fourth-order valence-corrected chi connectivity index (χ4v) is 2.71. The summed E-state index contributed by atoms with van der Waals surface area (Å²) in [5.74, 6) is 1.59. The van der Waals surface area contributed by atoms with E-state index in [1.807, 2.05) is 48.7 Å². The van der Waals surface area contributed by atoms with Crippen molar-refractivity contribution in [3.63, 3.8) is 0 Å². The number of aliphatic hydroxyl groups excluding tert-OH is 1. The predicted molar refractivity (Wildman–Crippen MR) is 92.2 cm³/mol. The van der Waals surface area contributed by atoms with E-state index in [9.17, 15) is 5.11 Å². The molecule has 4 nitrogen and oxygen atoms in total. The van der Waals surface area contributed by atoms with E-state index in [0.29, 0.717) is 17.3 Å². The van der Waals surface area contributed by atoms with Crippen LogP contribution in [-0.2, 0) is 6.54 Å². The van der Waals surface area contributed by atoms with Crippen LogP contribution in [0.2, 0.25) is 5.02 Å². The van der Waals surface area contributed by atoms with E-state index >= 15 is 0 Å². The first-order chi connectivity index (χ1) is 11.0.